The number of carbonyl (C=O) groups is 1. The summed E-state index contributed by atoms with van der Waals surface area (Å²) in [5, 5.41) is 9.77. The minimum atomic E-state index is 0.00759. The van der Waals surface area contributed by atoms with Gasteiger partial charge in [0.15, 0.2) is 10.9 Å². The summed E-state index contributed by atoms with van der Waals surface area (Å²) < 4.78 is 12.8. The first-order valence-corrected chi connectivity index (χ1v) is 11.2. The minimum Gasteiger partial charge on any atom is -0.497 e. The van der Waals surface area contributed by atoms with Crippen LogP contribution in [0.25, 0.3) is 0 Å². The van der Waals surface area contributed by atoms with Gasteiger partial charge in [0.2, 0.25) is 5.95 Å². The second-order valence-corrected chi connectivity index (χ2v) is 8.77. The third-order valence-corrected chi connectivity index (χ3v) is 6.61. The number of aromatic nitrogens is 3. The topological polar surface area (TPSA) is 69.5 Å². The molecule has 0 bridgehead atoms. The Morgan fingerprint density at radius 1 is 1.14 bits per heavy atom. The van der Waals surface area contributed by atoms with Crippen molar-refractivity contribution in [3.05, 3.63) is 23.8 Å². The number of thioether (sulfide) groups is 1. The van der Waals surface area contributed by atoms with E-state index in [0.717, 1.165) is 43.0 Å². The van der Waals surface area contributed by atoms with E-state index in [1.54, 1.807) is 32.4 Å². The molecule has 4 rings (SSSR count). The van der Waals surface area contributed by atoms with Gasteiger partial charge < -0.3 is 14.4 Å². The first-order valence-electron chi connectivity index (χ1n) is 10.2. The predicted octanol–water partition coefficient (Wildman–Crippen LogP) is 3.84. The fourth-order valence-electron chi connectivity index (χ4n) is 3.68. The lowest BCUT2D eigenvalue weighted by Crippen LogP contribution is -2.34. The quantitative estimate of drug-likeness (QED) is 0.478. The van der Waals surface area contributed by atoms with Crippen LogP contribution in [-0.2, 0) is 0 Å². The fraction of sp³-hybridized carbons (Fsp3) is 0.571. The molecule has 1 saturated heterocycles. The fourth-order valence-corrected chi connectivity index (χ4v) is 4.57. The molecule has 1 saturated carbocycles. The van der Waals surface area contributed by atoms with Gasteiger partial charge in [-0.05, 0) is 43.7 Å². The van der Waals surface area contributed by atoms with Crippen molar-refractivity contribution in [2.75, 3.05) is 38.0 Å². The smallest absolute Gasteiger partial charge is 0.228 e. The Balaban J connectivity index is 1.48. The molecule has 156 valence electrons. The van der Waals surface area contributed by atoms with E-state index in [1.807, 2.05) is 0 Å². The number of hydrogen-bond donors (Lipinski definition) is 0. The summed E-state index contributed by atoms with van der Waals surface area (Å²) in [5.74, 6) is 3.24. The Hall–Kier alpha value is -2.22. The molecule has 29 heavy (non-hydrogen) atoms. The first-order chi connectivity index (χ1) is 14.1. The molecule has 8 heteroatoms. The molecule has 2 aliphatic rings. The molecule has 2 fully saturated rings. The van der Waals surface area contributed by atoms with Gasteiger partial charge >= 0.3 is 0 Å². The number of rotatable bonds is 8. The summed E-state index contributed by atoms with van der Waals surface area (Å²) in [7, 11) is 3.16. The zero-order chi connectivity index (χ0) is 20.4. The molecule has 0 N–H and O–H groups in total. The van der Waals surface area contributed by atoms with Gasteiger partial charge in [0.05, 0.1) is 25.5 Å². The van der Waals surface area contributed by atoms with E-state index < -0.39 is 0 Å². The second kappa shape index (κ2) is 8.65. The zero-order valence-electron chi connectivity index (χ0n) is 17.3. The van der Waals surface area contributed by atoms with Crippen molar-refractivity contribution in [3.8, 4) is 11.5 Å². The van der Waals surface area contributed by atoms with Gasteiger partial charge in [0.25, 0.3) is 0 Å². The number of ketones is 1. The number of Topliss-reactive ketones (excluding diaryl/α,β-unsaturated/α-hetero) is 1. The minimum absolute atomic E-state index is 0.00759. The Kier molecular flexibility index (Phi) is 5.99. The summed E-state index contributed by atoms with van der Waals surface area (Å²) in [5.41, 5.74) is 0.559. The number of methoxy groups -OCH3 is 2. The molecule has 1 aliphatic carbocycles. The lowest BCUT2D eigenvalue weighted by atomic mass is 10.00. The average molecular weight is 417 g/mol. The summed E-state index contributed by atoms with van der Waals surface area (Å²) in [6, 6.07) is 5.74. The molecule has 7 nitrogen and oxygen atoms in total. The highest BCUT2D eigenvalue weighted by Crippen LogP contribution is 2.41. The van der Waals surface area contributed by atoms with Crippen molar-refractivity contribution < 1.29 is 14.3 Å². The van der Waals surface area contributed by atoms with E-state index in [4.69, 9.17) is 9.47 Å². The molecule has 1 aromatic carbocycles. The Morgan fingerprint density at radius 3 is 2.55 bits per heavy atom. The van der Waals surface area contributed by atoms with Crippen LogP contribution in [0, 0.1) is 5.92 Å². The van der Waals surface area contributed by atoms with Gasteiger partial charge in [-0.2, -0.15) is 0 Å². The molecule has 0 spiro atoms. The number of ether oxygens (including phenoxy) is 2. The van der Waals surface area contributed by atoms with Crippen molar-refractivity contribution in [3.63, 3.8) is 0 Å². The number of carbonyl (C=O) groups excluding carboxylic acids is 1. The van der Waals surface area contributed by atoms with Crippen LogP contribution in [0.1, 0.15) is 49.0 Å². The van der Waals surface area contributed by atoms with Crippen molar-refractivity contribution in [2.24, 2.45) is 5.92 Å². The predicted molar refractivity (Wildman–Crippen MR) is 114 cm³/mol. The van der Waals surface area contributed by atoms with Crippen molar-refractivity contribution in [1.29, 1.82) is 0 Å². The normalized spacial score (nSPS) is 17.4. The Bertz CT molecular complexity index is 873. The Morgan fingerprint density at radius 2 is 1.90 bits per heavy atom. The molecule has 0 amide bonds. The van der Waals surface area contributed by atoms with E-state index in [1.165, 1.54) is 24.6 Å². The standard InChI is InChI=1S/C21H28N4O3S/c1-14-8-10-24(11-9-14)20-22-23-21(25(20)15-4-5-15)29-13-18(26)17-7-6-16(27-2)12-19(17)28-3/h6-7,12,14-15H,4-5,8-11,13H2,1-3H3. The molecule has 2 heterocycles. The molecular weight excluding hydrogens is 388 g/mol. The van der Waals surface area contributed by atoms with E-state index in [2.05, 4.69) is 26.6 Å². The van der Waals surface area contributed by atoms with Crippen molar-refractivity contribution in [1.82, 2.24) is 14.8 Å². The van der Waals surface area contributed by atoms with Gasteiger partial charge in [-0.1, -0.05) is 18.7 Å². The SMILES string of the molecule is COc1ccc(C(=O)CSc2nnc(N3CCC(C)CC3)n2C2CC2)c(OC)c1. The number of hydrogen-bond acceptors (Lipinski definition) is 7. The van der Waals surface area contributed by atoms with Crippen LogP contribution in [0.2, 0.25) is 0 Å². The summed E-state index contributed by atoms with van der Waals surface area (Å²) >= 11 is 1.46. The van der Waals surface area contributed by atoms with Crippen molar-refractivity contribution in [2.45, 2.75) is 43.8 Å². The van der Waals surface area contributed by atoms with E-state index in [-0.39, 0.29) is 5.78 Å². The van der Waals surface area contributed by atoms with Crippen molar-refractivity contribution >= 4 is 23.5 Å². The monoisotopic (exact) mass is 416 g/mol. The maximum atomic E-state index is 12.8. The second-order valence-electron chi connectivity index (χ2n) is 7.83. The Labute approximate surface area is 175 Å². The van der Waals surface area contributed by atoms with Crippen LogP contribution in [0.4, 0.5) is 5.95 Å². The van der Waals surface area contributed by atoms with Gasteiger partial charge in [-0.25, -0.2) is 0 Å². The lowest BCUT2D eigenvalue weighted by Gasteiger charge is -2.31. The summed E-state index contributed by atoms with van der Waals surface area (Å²) in [6.07, 6.45) is 4.69. The van der Waals surface area contributed by atoms with Crippen LogP contribution in [-0.4, -0.2) is 53.6 Å². The number of piperidine rings is 1. The first kappa shape index (κ1) is 20.1. The van der Waals surface area contributed by atoms with Crippen LogP contribution in [0.15, 0.2) is 23.4 Å². The summed E-state index contributed by atoms with van der Waals surface area (Å²) in [4.78, 5) is 15.2. The molecule has 0 unspecified atom stereocenters. The van der Waals surface area contributed by atoms with E-state index in [9.17, 15) is 4.79 Å². The average Bonchev–Trinajstić information content (AvgIpc) is 3.51. The third-order valence-electron chi connectivity index (χ3n) is 5.67. The number of benzene rings is 1. The van der Waals surface area contributed by atoms with E-state index >= 15 is 0 Å². The zero-order valence-corrected chi connectivity index (χ0v) is 18.1. The van der Waals surface area contributed by atoms with Crippen LogP contribution in [0.3, 0.4) is 0 Å². The van der Waals surface area contributed by atoms with Gasteiger partial charge in [-0.3, -0.25) is 9.36 Å². The van der Waals surface area contributed by atoms with Crippen LogP contribution in [0.5, 0.6) is 11.5 Å². The highest BCUT2D eigenvalue weighted by atomic mass is 32.2. The van der Waals surface area contributed by atoms with Gasteiger partial charge in [-0.15, -0.1) is 10.2 Å². The molecular formula is C21H28N4O3S. The van der Waals surface area contributed by atoms with Crippen LogP contribution >= 0.6 is 11.8 Å². The maximum absolute atomic E-state index is 12.8. The molecule has 0 atom stereocenters. The maximum Gasteiger partial charge on any atom is 0.228 e. The highest BCUT2D eigenvalue weighted by Gasteiger charge is 2.32. The number of anilines is 1. The third kappa shape index (κ3) is 4.37. The summed E-state index contributed by atoms with van der Waals surface area (Å²) in [6.45, 7) is 4.36. The van der Waals surface area contributed by atoms with Gasteiger partial charge in [0.1, 0.15) is 11.5 Å². The van der Waals surface area contributed by atoms with Crippen LogP contribution < -0.4 is 14.4 Å². The lowest BCUT2D eigenvalue weighted by molar-refractivity contribution is 0.101. The number of nitrogens with zero attached hydrogens (tertiary/aromatic N) is 4. The highest BCUT2D eigenvalue weighted by molar-refractivity contribution is 7.99. The molecule has 1 aliphatic heterocycles. The van der Waals surface area contributed by atoms with Gasteiger partial charge in [0, 0.05) is 25.2 Å². The largest absolute Gasteiger partial charge is 0.497 e. The molecule has 1 aromatic heterocycles. The molecule has 2 aromatic rings. The molecule has 0 radical (unpaired) electrons. The van der Waals surface area contributed by atoms with E-state index in [0.29, 0.717) is 28.9 Å².